The van der Waals surface area contributed by atoms with Crippen LogP contribution in [-0.2, 0) is 4.79 Å². The molecule has 15 heavy (non-hydrogen) atoms. The molecule has 3 N–H and O–H groups in total. The van der Waals surface area contributed by atoms with Gasteiger partial charge in [0.05, 0.1) is 5.92 Å². The lowest BCUT2D eigenvalue weighted by molar-refractivity contribution is -0.117. The number of amides is 1. The first-order valence-electron chi connectivity index (χ1n) is 4.91. The van der Waals surface area contributed by atoms with E-state index >= 15 is 0 Å². The fourth-order valence-corrected chi connectivity index (χ4v) is 1.66. The predicted octanol–water partition coefficient (Wildman–Crippen LogP) is 1.93. The number of benzene rings is 1. The highest BCUT2D eigenvalue weighted by atomic mass is 35.5. The van der Waals surface area contributed by atoms with Crippen LogP contribution >= 0.6 is 11.6 Å². The summed E-state index contributed by atoms with van der Waals surface area (Å²) in [6.07, 6.45) is 0.783. The van der Waals surface area contributed by atoms with Gasteiger partial charge in [0.2, 0.25) is 5.91 Å². The van der Waals surface area contributed by atoms with E-state index in [4.69, 9.17) is 17.3 Å². The molecule has 1 aliphatic carbocycles. The second-order valence-corrected chi connectivity index (χ2v) is 4.31. The van der Waals surface area contributed by atoms with Gasteiger partial charge in [-0.2, -0.15) is 0 Å². The Hall–Kier alpha value is -1.06. The first-order valence-corrected chi connectivity index (χ1v) is 5.29. The Morgan fingerprint density at radius 3 is 2.87 bits per heavy atom. The molecule has 0 radical (unpaired) electrons. The van der Waals surface area contributed by atoms with Crippen LogP contribution in [-0.4, -0.2) is 11.9 Å². The van der Waals surface area contributed by atoms with Gasteiger partial charge >= 0.3 is 0 Å². The van der Waals surface area contributed by atoms with Crippen molar-refractivity contribution in [3.05, 3.63) is 28.8 Å². The third-order valence-electron chi connectivity index (χ3n) is 2.70. The largest absolute Gasteiger partial charge is 0.327 e. The molecule has 3 nitrogen and oxygen atoms in total. The quantitative estimate of drug-likeness (QED) is 0.807. The van der Waals surface area contributed by atoms with Crippen molar-refractivity contribution in [3.63, 3.8) is 0 Å². The Morgan fingerprint density at radius 2 is 2.27 bits per heavy atom. The van der Waals surface area contributed by atoms with Crippen molar-refractivity contribution < 1.29 is 4.79 Å². The molecule has 1 saturated carbocycles. The molecule has 1 aliphatic rings. The van der Waals surface area contributed by atoms with Crippen LogP contribution in [0.2, 0.25) is 5.02 Å². The minimum Gasteiger partial charge on any atom is -0.327 e. The summed E-state index contributed by atoms with van der Waals surface area (Å²) in [4.78, 5) is 11.6. The molecule has 0 bridgehead atoms. The molecule has 0 aromatic heterocycles. The van der Waals surface area contributed by atoms with Gasteiger partial charge in [-0.3, -0.25) is 4.79 Å². The molecule has 1 amide bonds. The first kappa shape index (κ1) is 10.5. The van der Waals surface area contributed by atoms with Gasteiger partial charge in [0.25, 0.3) is 0 Å². The van der Waals surface area contributed by atoms with Crippen molar-refractivity contribution in [2.24, 2.45) is 11.7 Å². The molecule has 0 heterocycles. The maximum atomic E-state index is 11.6. The van der Waals surface area contributed by atoms with E-state index in [0.29, 0.717) is 5.02 Å². The topological polar surface area (TPSA) is 55.1 Å². The van der Waals surface area contributed by atoms with Crippen LogP contribution < -0.4 is 11.1 Å². The molecule has 0 aliphatic heterocycles. The molecule has 1 aromatic rings. The van der Waals surface area contributed by atoms with Crippen LogP contribution in [0.5, 0.6) is 0 Å². The van der Waals surface area contributed by atoms with E-state index in [9.17, 15) is 4.79 Å². The minimum absolute atomic E-state index is 0.00660. The summed E-state index contributed by atoms with van der Waals surface area (Å²) in [7, 11) is 0. The van der Waals surface area contributed by atoms with E-state index in [1.165, 1.54) is 0 Å². The number of rotatable bonds is 2. The average molecular weight is 225 g/mol. The molecule has 1 fully saturated rings. The fraction of sp³-hybridized carbons (Fsp3) is 0.364. The summed E-state index contributed by atoms with van der Waals surface area (Å²) in [5, 5.41) is 3.50. The Labute approximate surface area is 93.6 Å². The molecule has 2 unspecified atom stereocenters. The van der Waals surface area contributed by atoms with Crippen molar-refractivity contribution in [2.75, 3.05) is 5.32 Å². The van der Waals surface area contributed by atoms with Gasteiger partial charge in [-0.05, 0) is 31.0 Å². The Balaban J connectivity index is 2.10. The summed E-state index contributed by atoms with van der Waals surface area (Å²) >= 11 is 5.95. The maximum Gasteiger partial charge on any atom is 0.229 e. The van der Waals surface area contributed by atoms with Gasteiger partial charge in [0.15, 0.2) is 0 Å². The maximum absolute atomic E-state index is 11.6. The predicted molar refractivity (Wildman–Crippen MR) is 60.9 cm³/mol. The van der Waals surface area contributed by atoms with Crippen LogP contribution in [0, 0.1) is 12.8 Å². The number of carbonyl (C=O) groups is 1. The van der Waals surface area contributed by atoms with Crippen molar-refractivity contribution in [1.82, 2.24) is 0 Å². The highest BCUT2D eigenvalue weighted by molar-refractivity contribution is 6.31. The standard InChI is InChI=1S/C11H13ClN2O/c1-6-8(12)3-2-4-10(6)14-11(15)7-5-9(7)13/h2-4,7,9H,5,13H2,1H3,(H,14,15). The van der Waals surface area contributed by atoms with Gasteiger partial charge in [0, 0.05) is 16.8 Å². The van der Waals surface area contributed by atoms with Crippen molar-refractivity contribution >= 4 is 23.2 Å². The van der Waals surface area contributed by atoms with Gasteiger partial charge in [-0.1, -0.05) is 17.7 Å². The van der Waals surface area contributed by atoms with Crippen molar-refractivity contribution in [1.29, 1.82) is 0 Å². The van der Waals surface area contributed by atoms with E-state index in [1.54, 1.807) is 6.07 Å². The number of nitrogens with two attached hydrogens (primary N) is 1. The van der Waals surface area contributed by atoms with E-state index < -0.39 is 0 Å². The number of nitrogens with one attached hydrogen (secondary N) is 1. The third kappa shape index (κ3) is 2.13. The third-order valence-corrected chi connectivity index (χ3v) is 3.11. The van der Waals surface area contributed by atoms with Crippen LogP contribution in [0.1, 0.15) is 12.0 Å². The van der Waals surface area contributed by atoms with Gasteiger partial charge in [-0.15, -0.1) is 0 Å². The number of anilines is 1. The molecule has 1 aromatic carbocycles. The number of carbonyl (C=O) groups excluding carboxylic acids is 1. The van der Waals surface area contributed by atoms with E-state index in [2.05, 4.69) is 5.32 Å². The molecule has 0 spiro atoms. The summed E-state index contributed by atoms with van der Waals surface area (Å²) in [6.45, 7) is 1.88. The molecular weight excluding hydrogens is 212 g/mol. The van der Waals surface area contributed by atoms with Crippen LogP contribution in [0.15, 0.2) is 18.2 Å². The average Bonchev–Trinajstić information content (AvgIpc) is 2.91. The smallest absolute Gasteiger partial charge is 0.229 e. The summed E-state index contributed by atoms with van der Waals surface area (Å²) in [6, 6.07) is 5.49. The van der Waals surface area contributed by atoms with Crippen LogP contribution in [0.25, 0.3) is 0 Å². The molecule has 2 atom stereocenters. The summed E-state index contributed by atoms with van der Waals surface area (Å²) < 4.78 is 0. The van der Waals surface area contributed by atoms with E-state index in [-0.39, 0.29) is 17.9 Å². The summed E-state index contributed by atoms with van der Waals surface area (Å²) in [5.74, 6) is -0.0313. The fourth-order valence-electron chi connectivity index (χ4n) is 1.48. The lowest BCUT2D eigenvalue weighted by Crippen LogP contribution is -2.19. The van der Waals surface area contributed by atoms with Crippen molar-refractivity contribution in [2.45, 2.75) is 19.4 Å². The molecule has 4 heteroatoms. The highest BCUT2D eigenvalue weighted by Gasteiger charge is 2.40. The number of halogens is 1. The lowest BCUT2D eigenvalue weighted by atomic mass is 10.2. The Bertz CT molecular complexity index is 406. The molecular formula is C11H13ClN2O. The minimum atomic E-state index is -0.0246. The molecule has 80 valence electrons. The van der Waals surface area contributed by atoms with Crippen molar-refractivity contribution in [3.8, 4) is 0 Å². The second kappa shape index (κ2) is 3.83. The normalized spacial score (nSPS) is 23.7. The van der Waals surface area contributed by atoms with Gasteiger partial charge < -0.3 is 11.1 Å². The lowest BCUT2D eigenvalue weighted by Gasteiger charge is -2.08. The van der Waals surface area contributed by atoms with E-state index in [1.807, 2.05) is 19.1 Å². The van der Waals surface area contributed by atoms with Gasteiger partial charge in [-0.25, -0.2) is 0 Å². The molecule has 2 rings (SSSR count). The zero-order valence-electron chi connectivity index (χ0n) is 8.46. The monoisotopic (exact) mass is 224 g/mol. The van der Waals surface area contributed by atoms with Crippen LogP contribution in [0.3, 0.4) is 0 Å². The zero-order valence-corrected chi connectivity index (χ0v) is 9.21. The molecule has 0 saturated heterocycles. The van der Waals surface area contributed by atoms with Gasteiger partial charge in [0.1, 0.15) is 0 Å². The summed E-state index contributed by atoms with van der Waals surface area (Å²) in [5.41, 5.74) is 7.26. The Morgan fingerprint density at radius 1 is 1.60 bits per heavy atom. The number of hydrogen-bond acceptors (Lipinski definition) is 2. The van der Waals surface area contributed by atoms with E-state index in [0.717, 1.165) is 17.7 Å². The van der Waals surface area contributed by atoms with Crippen LogP contribution in [0.4, 0.5) is 5.69 Å². The first-order chi connectivity index (χ1) is 7.09. The SMILES string of the molecule is Cc1c(Cl)cccc1NC(=O)C1CC1N. The second-order valence-electron chi connectivity index (χ2n) is 3.91. The highest BCUT2D eigenvalue weighted by Crippen LogP contribution is 2.30. The Kier molecular flexibility index (Phi) is 2.67. The zero-order chi connectivity index (χ0) is 11.0. The number of hydrogen-bond donors (Lipinski definition) is 2.